The van der Waals surface area contributed by atoms with Crippen LogP contribution in [-0.4, -0.2) is 53.1 Å². The average Bonchev–Trinajstić information content (AvgIpc) is 2.84. The van der Waals surface area contributed by atoms with Crippen LogP contribution in [0.15, 0.2) is 0 Å². The quantitative estimate of drug-likeness (QED) is 0.819. The molecule has 1 unspecified atom stereocenters. The number of aromatic amines is 1. The van der Waals surface area contributed by atoms with E-state index in [-0.39, 0.29) is 12.0 Å². The molecule has 2 aliphatic rings. The number of nitrogens with zero attached hydrogens (tertiary/aromatic N) is 2. The van der Waals surface area contributed by atoms with Crippen LogP contribution in [0.4, 0.5) is 0 Å². The van der Waals surface area contributed by atoms with E-state index in [4.69, 9.17) is 4.74 Å². The number of nitrogens with one attached hydrogen (secondary N) is 1. The first kappa shape index (κ1) is 12.1. The highest BCUT2D eigenvalue weighted by atomic mass is 16.5. The van der Waals surface area contributed by atoms with Crippen molar-refractivity contribution in [2.45, 2.75) is 20.4 Å². The molecule has 0 aromatic carbocycles. The first-order valence-electron chi connectivity index (χ1n) is 6.56. The summed E-state index contributed by atoms with van der Waals surface area (Å²) in [6.45, 7) is 8.90. The zero-order chi connectivity index (χ0) is 12.8. The van der Waals surface area contributed by atoms with Crippen molar-refractivity contribution in [1.29, 1.82) is 0 Å². The zero-order valence-electron chi connectivity index (χ0n) is 11.1. The summed E-state index contributed by atoms with van der Waals surface area (Å²) in [7, 11) is 0. The second-order valence-electron chi connectivity index (χ2n) is 5.82. The highest BCUT2D eigenvalue weighted by Crippen LogP contribution is 2.42. The molecule has 2 N–H and O–H groups in total. The van der Waals surface area contributed by atoms with Crippen molar-refractivity contribution < 1.29 is 9.84 Å². The summed E-state index contributed by atoms with van der Waals surface area (Å²) in [6, 6.07) is 0. The van der Waals surface area contributed by atoms with E-state index in [0.717, 1.165) is 44.2 Å². The molecule has 1 aromatic heterocycles. The maximum atomic E-state index is 9.52. The molecular weight excluding hydrogens is 230 g/mol. The lowest BCUT2D eigenvalue weighted by Gasteiger charge is -2.41. The van der Waals surface area contributed by atoms with Gasteiger partial charge in [0.05, 0.1) is 18.9 Å². The fourth-order valence-corrected chi connectivity index (χ4v) is 3.24. The zero-order valence-corrected chi connectivity index (χ0v) is 11.1. The van der Waals surface area contributed by atoms with Crippen LogP contribution in [0.25, 0.3) is 0 Å². The number of aryl methyl sites for hydroxylation is 2. The molecule has 3 heterocycles. The van der Waals surface area contributed by atoms with Crippen LogP contribution >= 0.6 is 0 Å². The van der Waals surface area contributed by atoms with Crippen LogP contribution < -0.4 is 0 Å². The van der Waals surface area contributed by atoms with Gasteiger partial charge in [0.2, 0.25) is 0 Å². The molecule has 2 aliphatic heterocycles. The molecule has 1 aromatic rings. The van der Waals surface area contributed by atoms with Gasteiger partial charge in [0.1, 0.15) is 0 Å². The summed E-state index contributed by atoms with van der Waals surface area (Å²) in [5.74, 6) is 0.360. The summed E-state index contributed by atoms with van der Waals surface area (Å²) in [5, 5.41) is 16.8. The number of rotatable bonds is 3. The standard InChI is InChI=1S/C13H21N3O2/c1-9-12(10(2)15-14-9)4-16-3-11(5-17)13(6-16)7-18-8-13/h11,17H,3-8H2,1-2H3,(H,14,15). The number of H-pyrrole nitrogens is 1. The van der Waals surface area contributed by atoms with E-state index < -0.39 is 0 Å². The molecule has 0 saturated carbocycles. The van der Waals surface area contributed by atoms with Crippen LogP contribution in [0, 0.1) is 25.2 Å². The lowest BCUT2D eigenvalue weighted by Crippen LogP contribution is -2.49. The van der Waals surface area contributed by atoms with E-state index >= 15 is 0 Å². The van der Waals surface area contributed by atoms with Gasteiger partial charge in [-0.15, -0.1) is 0 Å². The highest BCUT2D eigenvalue weighted by molar-refractivity contribution is 5.23. The molecule has 100 valence electrons. The smallest absolute Gasteiger partial charge is 0.0639 e. The fraction of sp³-hybridized carbons (Fsp3) is 0.769. The Morgan fingerprint density at radius 1 is 1.50 bits per heavy atom. The number of ether oxygens (including phenoxy) is 1. The molecule has 5 nitrogen and oxygen atoms in total. The van der Waals surface area contributed by atoms with Gasteiger partial charge in [0.25, 0.3) is 0 Å². The molecule has 18 heavy (non-hydrogen) atoms. The third-order valence-corrected chi connectivity index (χ3v) is 4.54. The van der Waals surface area contributed by atoms with E-state index in [0.29, 0.717) is 5.92 Å². The molecule has 3 rings (SSSR count). The van der Waals surface area contributed by atoms with Gasteiger partial charge in [0.15, 0.2) is 0 Å². The van der Waals surface area contributed by atoms with Gasteiger partial charge in [-0.1, -0.05) is 0 Å². The van der Waals surface area contributed by atoms with Crippen LogP contribution in [0.2, 0.25) is 0 Å². The lowest BCUT2D eigenvalue weighted by molar-refractivity contribution is -0.134. The molecule has 2 fully saturated rings. The Bertz CT molecular complexity index is 420. The van der Waals surface area contributed by atoms with E-state index in [9.17, 15) is 5.11 Å². The van der Waals surface area contributed by atoms with Gasteiger partial charge in [-0.25, -0.2) is 0 Å². The van der Waals surface area contributed by atoms with Gasteiger partial charge < -0.3 is 9.84 Å². The average molecular weight is 251 g/mol. The number of aliphatic hydroxyl groups is 1. The Labute approximate surface area is 107 Å². The van der Waals surface area contributed by atoms with Gasteiger partial charge >= 0.3 is 0 Å². The van der Waals surface area contributed by atoms with Gasteiger partial charge in [-0.3, -0.25) is 10.00 Å². The SMILES string of the molecule is Cc1n[nH]c(C)c1CN1CC(CO)C2(COC2)C1. The molecule has 0 amide bonds. The van der Waals surface area contributed by atoms with Crippen LogP contribution in [0.3, 0.4) is 0 Å². The summed E-state index contributed by atoms with van der Waals surface area (Å²) in [5.41, 5.74) is 3.74. The van der Waals surface area contributed by atoms with Crippen molar-refractivity contribution in [3.8, 4) is 0 Å². The third-order valence-electron chi connectivity index (χ3n) is 4.54. The predicted octanol–water partition coefficient (Wildman–Crippen LogP) is 0.467. The van der Waals surface area contributed by atoms with Crippen molar-refractivity contribution in [3.63, 3.8) is 0 Å². The monoisotopic (exact) mass is 251 g/mol. The van der Waals surface area contributed by atoms with Crippen molar-refractivity contribution in [2.24, 2.45) is 11.3 Å². The predicted molar refractivity (Wildman–Crippen MR) is 67.2 cm³/mol. The van der Waals surface area contributed by atoms with E-state index in [1.165, 1.54) is 5.56 Å². The number of hydrogen-bond acceptors (Lipinski definition) is 4. The van der Waals surface area contributed by atoms with Gasteiger partial charge in [0, 0.05) is 48.8 Å². The molecule has 1 atom stereocenters. The minimum atomic E-state index is 0.209. The van der Waals surface area contributed by atoms with Crippen LogP contribution in [0.5, 0.6) is 0 Å². The fourth-order valence-electron chi connectivity index (χ4n) is 3.24. The number of likely N-dealkylation sites (tertiary alicyclic amines) is 1. The summed E-state index contributed by atoms with van der Waals surface area (Å²) in [6.07, 6.45) is 0. The Kier molecular flexibility index (Phi) is 2.92. The van der Waals surface area contributed by atoms with Gasteiger partial charge in [-0.05, 0) is 13.8 Å². The highest BCUT2D eigenvalue weighted by Gasteiger charge is 2.51. The molecule has 0 radical (unpaired) electrons. The molecule has 5 heteroatoms. The van der Waals surface area contributed by atoms with E-state index in [2.05, 4.69) is 22.0 Å². The Hall–Kier alpha value is -0.910. The van der Waals surface area contributed by atoms with Crippen molar-refractivity contribution in [3.05, 3.63) is 17.0 Å². The van der Waals surface area contributed by atoms with E-state index in [1.807, 2.05) is 6.92 Å². The van der Waals surface area contributed by atoms with Gasteiger partial charge in [-0.2, -0.15) is 5.10 Å². The third kappa shape index (κ3) is 1.77. The number of aliphatic hydroxyl groups excluding tert-OH is 1. The second kappa shape index (κ2) is 4.33. The minimum Gasteiger partial charge on any atom is -0.396 e. The number of hydrogen-bond donors (Lipinski definition) is 2. The Morgan fingerprint density at radius 2 is 2.28 bits per heavy atom. The molecule has 1 spiro atoms. The van der Waals surface area contributed by atoms with Crippen LogP contribution in [-0.2, 0) is 11.3 Å². The normalized spacial score (nSPS) is 26.7. The van der Waals surface area contributed by atoms with Crippen molar-refractivity contribution in [1.82, 2.24) is 15.1 Å². The molecular formula is C13H21N3O2. The van der Waals surface area contributed by atoms with E-state index in [1.54, 1.807) is 0 Å². The van der Waals surface area contributed by atoms with Crippen molar-refractivity contribution >= 4 is 0 Å². The summed E-state index contributed by atoms with van der Waals surface area (Å²) in [4.78, 5) is 2.42. The minimum absolute atomic E-state index is 0.209. The Balaban J connectivity index is 1.72. The lowest BCUT2D eigenvalue weighted by atomic mass is 9.77. The molecule has 0 bridgehead atoms. The topological polar surface area (TPSA) is 61.4 Å². The summed E-state index contributed by atoms with van der Waals surface area (Å²) >= 11 is 0. The number of aromatic nitrogens is 2. The molecule has 2 saturated heterocycles. The largest absolute Gasteiger partial charge is 0.396 e. The maximum Gasteiger partial charge on any atom is 0.0639 e. The second-order valence-corrected chi connectivity index (χ2v) is 5.82. The van der Waals surface area contributed by atoms with Crippen molar-refractivity contribution in [2.75, 3.05) is 32.9 Å². The Morgan fingerprint density at radius 3 is 2.72 bits per heavy atom. The first-order valence-corrected chi connectivity index (χ1v) is 6.56. The first-order chi connectivity index (χ1) is 8.64. The van der Waals surface area contributed by atoms with Crippen LogP contribution in [0.1, 0.15) is 17.0 Å². The maximum absolute atomic E-state index is 9.52. The molecule has 0 aliphatic carbocycles. The summed E-state index contributed by atoms with van der Waals surface area (Å²) < 4.78 is 5.37.